The highest BCUT2D eigenvalue weighted by Gasteiger charge is 2.14. The van der Waals surface area contributed by atoms with E-state index in [4.69, 9.17) is 4.74 Å². The van der Waals surface area contributed by atoms with Crippen LogP contribution in [0.25, 0.3) is 0 Å². The third-order valence-electron chi connectivity index (χ3n) is 3.52. The third-order valence-corrected chi connectivity index (χ3v) is 4.50. The largest absolute Gasteiger partial charge is 0.380 e. The molecule has 1 N–H and O–H groups in total. The van der Waals surface area contributed by atoms with Gasteiger partial charge in [-0.1, -0.05) is 11.8 Å². The number of pyridine rings is 1. The Morgan fingerprint density at radius 3 is 2.58 bits per heavy atom. The molecule has 134 valence electrons. The Hall–Kier alpha value is -2.69. The molecule has 26 heavy (non-hydrogen) atoms. The zero-order valence-corrected chi connectivity index (χ0v) is 15.6. The van der Waals surface area contributed by atoms with Crippen LogP contribution >= 0.6 is 11.8 Å². The minimum absolute atomic E-state index is 0.0279. The number of nitrogens with zero attached hydrogens (tertiary/aromatic N) is 2. The number of nitrogens with one attached hydrogen (secondary N) is 1. The van der Waals surface area contributed by atoms with E-state index in [9.17, 15) is 14.9 Å². The third kappa shape index (κ3) is 5.15. The lowest BCUT2D eigenvalue weighted by atomic mass is 10.1. The first-order valence-corrected chi connectivity index (χ1v) is 8.86. The van der Waals surface area contributed by atoms with Crippen molar-refractivity contribution in [2.45, 2.75) is 25.5 Å². The van der Waals surface area contributed by atoms with E-state index in [-0.39, 0.29) is 17.4 Å². The van der Waals surface area contributed by atoms with Gasteiger partial charge in [-0.3, -0.25) is 9.59 Å². The molecule has 0 spiro atoms. The molecule has 0 aliphatic carbocycles. The Kier molecular flexibility index (Phi) is 6.89. The van der Waals surface area contributed by atoms with Crippen molar-refractivity contribution in [3.63, 3.8) is 0 Å². The van der Waals surface area contributed by atoms with Crippen molar-refractivity contribution < 1.29 is 14.3 Å². The van der Waals surface area contributed by atoms with Crippen molar-refractivity contribution in [2.24, 2.45) is 0 Å². The van der Waals surface area contributed by atoms with Gasteiger partial charge in [0.15, 0.2) is 5.78 Å². The highest BCUT2D eigenvalue weighted by molar-refractivity contribution is 8.00. The number of thioether (sulfide) groups is 1. The summed E-state index contributed by atoms with van der Waals surface area (Å²) < 4.78 is 5.12. The Morgan fingerprint density at radius 1 is 1.31 bits per heavy atom. The molecule has 0 aliphatic heterocycles. The maximum atomic E-state index is 12.2. The number of aryl methyl sites for hydroxylation is 1. The lowest BCUT2D eigenvalue weighted by Gasteiger charge is -2.10. The average Bonchev–Trinajstić information content (AvgIpc) is 2.60. The van der Waals surface area contributed by atoms with Gasteiger partial charge in [0, 0.05) is 24.1 Å². The van der Waals surface area contributed by atoms with Crippen molar-refractivity contribution in [1.82, 2.24) is 4.98 Å². The van der Waals surface area contributed by atoms with Crippen LogP contribution in [0.15, 0.2) is 35.4 Å². The number of rotatable bonds is 7. The Morgan fingerprint density at radius 2 is 2.00 bits per heavy atom. The normalized spacial score (nSPS) is 10.2. The summed E-state index contributed by atoms with van der Waals surface area (Å²) >= 11 is 1.21. The van der Waals surface area contributed by atoms with Gasteiger partial charge in [0.1, 0.15) is 11.1 Å². The van der Waals surface area contributed by atoms with Crippen LogP contribution < -0.4 is 5.32 Å². The summed E-state index contributed by atoms with van der Waals surface area (Å²) in [5.41, 5.74) is 3.15. The SMILES string of the molecule is COCc1cc(C)nc(SCC(=O)Nc2ccc(C(C)=O)cc2)c1C#N. The predicted octanol–water partition coefficient (Wildman–Crippen LogP) is 3.34. The molecule has 1 amide bonds. The van der Waals surface area contributed by atoms with Crippen LogP contribution in [0, 0.1) is 18.3 Å². The quantitative estimate of drug-likeness (QED) is 0.594. The number of nitriles is 1. The first kappa shape index (κ1) is 19.6. The summed E-state index contributed by atoms with van der Waals surface area (Å²) in [6.07, 6.45) is 0. The van der Waals surface area contributed by atoms with Crippen molar-refractivity contribution in [2.75, 3.05) is 18.2 Å². The zero-order valence-electron chi connectivity index (χ0n) is 14.8. The average molecular weight is 369 g/mol. The number of amides is 1. The molecule has 0 atom stereocenters. The fraction of sp³-hybridized carbons (Fsp3) is 0.263. The highest BCUT2D eigenvalue weighted by atomic mass is 32.2. The molecule has 0 bridgehead atoms. The van der Waals surface area contributed by atoms with Gasteiger partial charge in [0.2, 0.25) is 5.91 Å². The van der Waals surface area contributed by atoms with Gasteiger partial charge >= 0.3 is 0 Å². The number of hydrogen-bond acceptors (Lipinski definition) is 6. The zero-order chi connectivity index (χ0) is 19.1. The molecule has 6 nitrogen and oxygen atoms in total. The minimum Gasteiger partial charge on any atom is -0.380 e. The maximum Gasteiger partial charge on any atom is 0.234 e. The molecule has 0 aliphatic rings. The van der Waals surface area contributed by atoms with Gasteiger partial charge in [0.25, 0.3) is 0 Å². The Bertz CT molecular complexity index is 858. The smallest absolute Gasteiger partial charge is 0.234 e. The Labute approximate surface area is 156 Å². The molecule has 2 rings (SSSR count). The summed E-state index contributed by atoms with van der Waals surface area (Å²) in [5.74, 6) is -0.127. The van der Waals surface area contributed by atoms with E-state index in [0.717, 1.165) is 11.3 Å². The summed E-state index contributed by atoms with van der Waals surface area (Å²) in [4.78, 5) is 27.8. The first-order valence-electron chi connectivity index (χ1n) is 7.87. The van der Waals surface area contributed by atoms with Crippen molar-refractivity contribution in [3.05, 3.63) is 52.7 Å². The van der Waals surface area contributed by atoms with Crippen LogP contribution in [0.5, 0.6) is 0 Å². The molecule has 0 saturated carbocycles. The number of methoxy groups -OCH3 is 1. The van der Waals surface area contributed by atoms with Crippen LogP contribution in [0.3, 0.4) is 0 Å². The Balaban J connectivity index is 2.05. The van der Waals surface area contributed by atoms with Crippen LogP contribution in [0.4, 0.5) is 5.69 Å². The van der Waals surface area contributed by atoms with Crippen LogP contribution in [0.2, 0.25) is 0 Å². The number of hydrogen-bond donors (Lipinski definition) is 1. The van der Waals surface area contributed by atoms with E-state index in [1.807, 2.05) is 13.0 Å². The molecule has 0 saturated heterocycles. The number of carbonyl (C=O) groups is 2. The minimum atomic E-state index is -0.217. The molecule has 1 aromatic heterocycles. The number of anilines is 1. The van der Waals surface area contributed by atoms with E-state index in [1.54, 1.807) is 31.4 Å². The van der Waals surface area contributed by atoms with E-state index in [2.05, 4.69) is 16.4 Å². The van der Waals surface area contributed by atoms with E-state index < -0.39 is 0 Å². The van der Waals surface area contributed by atoms with Gasteiger partial charge in [-0.15, -0.1) is 0 Å². The van der Waals surface area contributed by atoms with E-state index in [1.165, 1.54) is 18.7 Å². The van der Waals surface area contributed by atoms with Crippen molar-refractivity contribution >= 4 is 29.1 Å². The number of Topliss-reactive ketones (excluding diaryl/α,β-unsaturated/α-hetero) is 1. The monoisotopic (exact) mass is 369 g/mol. The molecule has 2 aromatic rings. The van der Waals surface area contributed by atoms with Crippen molar-refractivity contribution in [3.8, 4) is 6.07 Å². The number of carbonyl (C=O) groups excluding carboxylic acids is 2. The molecular formula is C19H19N3O3S. The fourth-order valence-corrected chi connectivity index (χ4v) is 3.19. The van der Waals surface area contributed by atoms with E-state index in [0.29, 0.717) is 28.4 Å². The van der Waals surface area contributed by atoms with Gasteiger partial charge < -0.3 is 10.1 Å². The van der Waals surface area contributed by atoms with Gasteiger partial charge in [0.05, 0.1) is 17.9 Å². The lowest BCUT2D eigenvalue weighted by molar-refractivity contribution is -0.113. The summed E-state index contributed by atoms with van der Waals surface area (Å²) in [6, 6.07) is 10.6. The second kappa shape index (κ2) is 9.13. The van der Waals surface area contributed by atoms with Gasteiger partial charge in [-0.25, -0.2) is 4.98 Å². The number of benzene rings is 1. The molecular weight excluding hydrogens is 350 g/mol. The first-order chi connectivity index (χ1) is 12.4. The van der Waals surface area contributed by atoms with Gasteiger partial charge in [-0.2, -0.15) is 5.26 Å². The number of ether oxygens (including phenoxy) is 1. The highest BCUT2D eigenvalue weighted by Crippen LogP contribution is 2.24. The molecule has 0 unspecified atom stereocenters. The lowest BCUT2D eigenvalue weighted by Crippen LogP contribution is -2.14. The summed E-state index contributed by atoms with van der Waals surface area (Å²) in [6.45, 7) is 3.64. The van der Waals surface area contributed by atoms with Crippen LogP contribution in [0.1, 0.15) is 34.1 Å². The summed E-state index contributed by atoms with van der Waals surface area (Å²) in [7, 11) is 1.56. The van der Waals surface area contributed by atoms with Crippen molar-refractivity contribution in [1.29, 1.82) is 5.26 Å². The molecule has 7 heteroatoms. The second-order valence-electron chi connectivity index (χ2n) is 5.62. The standard InChI is InChI=1S/C19H19N3O3S/c1-12-8-15(10-25-3)17(9-20)19(21-12)26-11-18(24)22-16-6-4-14(5-7-16)13(2)23/h4-8H,10-11H2,1-3H3,(H,22,24). The molecule has 0 radical (unpaired) electrons. The van der Waals surface area contributed by atoms with Crippen LogP contribution in [-0.2, 0) is 16.1 Å². The molecule has 1 heterocycles. The van der Waals surface area contributed by atoms with Crippen LogP contribution in [-0.4, -0.2) is 29.5 Å². The fourth-order valence-electron chi connectivity index (χ4n) is 2.32. The maximum absolute atomic E-state index is 12.2. The van der Waals surface area contributed by atoms with E-state index >= 15 is 0 Å². The summed E-state index contributed by atoms with van der Waals surface area (Å²) in [5, 5.41) is 12.7. The second-order valence-corrected chi connectivity index (χ2v) is 6.58. The predicted molar refractivity (Wildman–Crippen MR) is 100 cm³/mol. The topological polar surface area (TPSA) is 92.1 Å². The van der Waals surface area contributed by atoms with Gasteiger partial charge in [-0.05, 0) is 49.7 Å². The molecule has 1 aromatic carbocycles. The number of ketones is 1. The number of aromatic nitrogens is 1. The molecule has 0 fully saturated rings.